The molecule has 1 heterocycles. The number of halogens is 1. The lowest BCUT2D eigenvalue weighted by atomic mass is 9.91. The molecule has 1 aliphatic rings. The van der Waals surface area contributed by atoms with Gasteiger partial charge in [-0.05, 0) is 48.6 Å². The molecule has 1 fully saturated rings. The van der Waals surface area contributed by atoms with Crippen LogP contribution >= 0.6 is 15.9 Å². The smallest absolute Gasteiger partial charge is 0.150 e. The standard InChI is InChI=1S/C17H17BrNO/c18-15-7-4-8-16(11-15)20-17-10-9-14(12-19-17)13-5-2-1-3-6-13/h1-5,7-8,11,14,17,19H,9-10,12H2. The van der Waals surface area contributed by atoms with Crippen molar-refractivity contribution in [3.05, 3.63) is 64.6 Å². The van der Waals surface area contributed by atoms with Crippen LogP contribution in [0.15, 0.2) is 53.0 Å². The highest BCUT2D eigenvalue weighted by Gasteiger charge is 2.22. The number of hydrogen-bond acceptors (Lipinski definition) is 2. The van der Waals surface area contributed by atoms with Crippen LogP contribution in [-0.4, -0.2) is 12.8 Å². The highest BCUT2D eigenvalue weighted by Crippen LogP contribution is 2.26. The summed E-state index contributed by atoms with van der Waals surface area (Å²) in [5.74, 6) is 1.44. The third kappa shape index (κ3) is 3.41. The lowest BCUT2D eigenvalue weighted by molar-refractivity contribution is 0.125. The highest BCUT2D eigenvalue weighted by molar-refractivity contribution is 9.10. The molecule has 20 heavy (non-hydrogen) atoms. The van der Waals surface area contributed by atoms with E-state index in [1.165, 1.54) is 5.56 Å². The number of rotatable bonds is 3. The Morgan fingerprint density at radius 1 is 1.15 bits per heavy atom. The van der Waals surface area contributed by atoms with Crippen LogP contribution in [0.3, 0.4) is 0 Å². The second-order valence-corrected chi connectivity index (χ2v) is 5.98. The first-order chi connectivity index (χ1) is 9.81. The fourth-order valence-electron chi connectivity index (χ4n) is 2.56. The molecule has 2 aromatic rings. The van der Waals surface area contributed by atoms with E-state index in [4.69, 9.17) is 4.74 Å². The Morgan fingerprint density at radius 3 is 2.80 bits per heavy atom. The van der Waals surface area contributed by atoms with Crippen LogP contribution in [0, 0.1) is 6.07 Å². The van der Waals surface area contributed by atoms with E-state index < -0.39 is 0 Å². The zero-order chi connectivity index (χ0) is 13.8. The van der Waals surface area contributed by atoms with Gasteiger partial charge in [-0.25, -0.2) is 0 Å². The van der Waals surface area contributed by atoms with Crippen LogP contribution in [-0.2, 0) is 0 Å². The van der Waals surface area contributed by atoms with E-state index >= 15 is 0 Å². The van der Waals surface area contributed by atoms with Gasteiger partial charge in [-0.1, -0.05) is 46.3 Å². The summed E-state index contributed by atoms with van der Waals surface area (Å²) in [7, 11) is 0. The maximum absolute atomic E-state index is 5.97. The fraction of sp³-hybridized carbons (Fsp3) is 0.294. The molecule has 1 saturated heterocycles. The normalized spacial score (nSPS) is 22.4. The molecule has 3 rings (SSSR count). The van der Waals surface area contributed by atoms with Crippen molar-refractivity contribution in [1.29, 1.82) is 0 Å². The number of hydrogen-bond donors (Lipinski definition) is 1. The Morgan fingerprint density at radius 2 is 2.10 bits per heavy atom. The minimum absolute atomic E-state index is 0.101. The number of benzene rings is 2. The molecule has 1 radical (unpaired) electrons. The van der Waals surface area contributed by atoms with Crippen LogP contribution in [0.1, 0.15) is 24.3 Å². The summed E-state index contributed by atoms with van der Waals surface area (Å²) >= 11 is 3.46. The first kappa shape index (κ1) is 13.7. The number of nitrogens with one attached hydrogen (secondary N) is 1. The topological polar surface area (TPSA) is 21.3 Å². The van der Waals surface area contributed by atoms with Gasteiger partial charge in [0, 0.05) is 11.0 Å². The Balaban J connectivity index is 1.56. The van der Waals surface area contributed by atoms with E-state index in [2.05, 4.69) is 39.4 Å². The van der Waals surface area contributed by atoms with E-state index in [0.29, 0.717) is 5.92 Å². The van der Waals surface area contributed by atoms with Gasteiger partial charge in [0.25, 0.3) is 0 Å². The van der Waals surface area contributed by atoms with E-state index in [-0.39, 0.29) is 6.23 Å². The predicted molar refractivity (Wildman–Crippen MR) is 83.8 cm³/mol. The van der Waals surface area contributed by atoms with E-state index in [1.54, 1.807) is 0 Å². The van der Waals surface area contributed by atoms with Gasteiger partial charge in [0.15, 0.2) is 0 Å². The largest absolute Gasteiger partial charge is 0.475 e. The Hall–Kier alpha value is -1.32. The minimum Gasteiger partial charge on any atom is -0.475 e. The summed E-state index contributed by atoms with van der Waals surface area (Å²) in [6, 6.07) is 19.5. The van der Waals surface area contributed by atoms with Gasteiger partial charge in [0.2, 0.25) is 0 Å². The van der Waals surface area contributed by atoms with Crippen molar-refractivity contribution < 1.29 is 4.74 Å². The first-order valence-electron chi connectivity index (χ1n) is 6.93. The Kier molecular flexibility index (Phi) is 4.38. The second-order valence-electron chi connectivity index (χ2n) is 5.06. The molecule has 0 aliphatic carbocycles. The molecular formula is C17H17BrNO. The average Bonchev–Trinajstić information content (AvgIpc) is 2.49. The molecule has 3 heteroatoms. The van der Waals surface area contributed by atoms with Crippen molar-refractivity contribution in [2.24, 2.45) is 0 Å². The van der Waals surface area contributed by atoms with E-state index in [9.17, 15) is 0 Å². The third-order valence-electron chi connectivity index (χ3n) is 3.62. The molecule has 0 bridgehead atoms. The quantitative estimate of drug-likeness (QED) is 0.913. The summed E-state index contributed by atoms with van der Waals surface area (Å²) in [4.78, 5) is 0. The molecule has 1 N–H and O–H groups in total. The molecule has 2 aromatic carbocycles. The van der Waals surface area contributed by atoms with Gasteiger partial charge >= 0.3 is 0 Å². The molecule has 103 valence electrons. The Labute approximate surface area is 128 Å². The fourth-order valence-corrected chi connectivity index (χ4v) is 2.94. The molecule has 0 aromatic heterocycles. The molecule has 0 amide bonds. The van der Waals surface area contributed by atoms with Gasteiger partial charge in [-0.2, -0.15) is 0 Å². The summed E-state index contributed by atoms with van der Waals surface area (Å²) in [6.07, 6.45) is 2.25. The highest BCUT2D eigenvalue weighted by atomic mass is 79.9. The molecule has 2 unspecified atom stereocenters. The predicted octanol–water partition coefficient (Wildman–Crippen LogP) is 4.12. The third-order valence-corrected chi connectivity index (χ3v) is 4.11. The molecule has 2 atom stereocenters. The van der Waals surface area contributed by atoms with Crippen LogP contribution in [0.5, 0.6) is 5.75 Å². The van der Waals surface area contributed by atoms with Crippen molar-refractivity contribution in [3.8, 4) is 5.75 Å². The molecule has 2 nitrogen and oxygen atoms in total. The first-order valence-corrected chi connectivity index (χ1v) is 7.73. The maximum atomic E-state index is 5.97. The van der Waals surface area contributed by atoms with Crippen LogP contribution in [0.25, 0.3) is 0 Å². The van der Waals surface area contributed by atoms with Gasteiger partial charge in [-0.3, -0.25) is 5.32 Å². The van der Waals surface area contributed by atoms with Crippen LogP contribution in [0.2, 0.25) is 0 Å². The number of piperidine rings is 1. The molecule has 1 aliphatic heterocycles. The van der Waals surface area contributed by atoms with E-state index in [0.717, 1.165) is 29.6 Å². The number of ether oxygens (including phenoxy) is 1. The molecule has 0 saturated carbocycles. The van der Waals surface area contributed by atoms with Crippen molar-refractivity contribution in [2.45, 2.75) is 25.0 Å². The summed E-state index contributed by atoms with van der Waals surface area (Å²) in [5.41, 5.74) is 1.29. The van der Waals surface area contributed by atoms with Crippen LogP contribution in [0.4, 0.5) is 0 Å². The molecule has 0 spiro atoms. The van der Waals surface area contributed by atoms with E-state index in [1.807, 2.05) is 36.4 Å². The zero-order valence-corrected chi connectivity index (χ0v) is 12.8. The lowest BCUT2D eigenvalue weighted by Gasteiger charge is -2.30. The molecular weight excluding hydrogens is 314 g/mol. The average molecular weight is 331 g/mol. The summed E-state index contributed by atoms with van der Waals surface area (Å²) in [5, 5.41) is 3.48. The van der Waals surface area contributed by atoms with Crippen molar-refractivity contribution in [1.82, 2.24) is 5.32 Å². The van der Waals surface area contributed by atoms with Gasteiger partial charge in [0.05, 0.1) is 0 Å². The van der Waals surface area contributed by atoms with Gasteiger partial charge in [-0.15, -0.1) is 0 Å². The second kappa shape index (κ2) is 6.42. The summed E-state index contributed by atoms with van der Waals surface area (Å²) < 4.78 is 7.01. The minimum atomic E-state index is 0.101. The monoisotopic (exact) mass is 330 g/mol. The van der Waals surface area contributed by atoms with Crippen molar-refractivity contribution in [2.75, 3.05) is 6.54 Å². The summed E-state index contributed by atoms with van der Waals surface area (Å²) in [6.45, 7) is 0.944. The van der Waals surface area contributed by atoms with Crippen LogP contribution < -0.4 is 10.1 Å². The van der Waals surface area contributed by atoms with Gasteiger partial charge < -0.3 is 4.74 Å². The zero-order valence-electron chi connectivity index (χ0n) is 11.2. The SMILES string of the molecule is Brc1cccc(OC2CCC(c3[c]cccc3)CN2)c1. The van der Waals surface area contributed by atoms with Crippen molar-refractivity contribution in [3.63, 3.8) is 0 Å². The lowest BCUT2D eigenvalue weighted by Crippen LogP contribution is -2.41. The van der Waals surface area contributed by atoms with Crippen molar-refractivity contribution >= 4 is 15.9 Å². The van der Waals surface area contributed by atoms with Gasteiger partial charge in [0.1, 0.15) is 12.0 Å². The maximum Gasteiger partial charge on any atom is 0.150 e. The Bertz CT molecular complexity index is 550.